The molecule has 17 heavy (non-hydrogen) atoms. The van der Waals surface area contributed by atoms with Gasteiger partial charge in [-0.25, -0.2) is 0 Å². The smallest absolute Gasteiger partial charge is 0.273 e. The fourth-order valence-electron chi connectivity index (χ4n) is 1.55. The summed E-state index contributed by atoms with van der Waals surface area (Å²) in [5.74, 6) is 0. The third kappa shape index (κ3) is 3.09. The van der Waals surface area contributed by atoms with Crippen LogP contribution in [0.2, 0.25) is 0 Å². The van der Waals surface area contributed by atoms with E-state index in [-0.39, 0.29) is 0 Å². The summed E-state index contributed by atoms with van der Waals surface area (Å²) in [5.41, 5.74) is 0.728. The Balaban J connectivity index is 1.99. The van der Waals surface area contributed by atoms with Crippen molar-refractivity contribution >= 4 is 0 Å². The molecule has 1 aromatic heterocycles. The summed E-state index contributed by atoms with van der Waals surface area (Å²) in [6.45, 7) is 0. The maximum absolute atomic E-state index is 12.3. The van der Waals surface area contributed by atoms with E-state index in [1.807, 2.05) is 35.4 Å². The average Bonchev–Trinajstić information content (AvgIpc) is 2.76. The predicted octanol–water partition coefficient (Wildman–Crippen LogP) is 3.21. The lowest BCUT2D eigenvalue weighted by atomic mass is 10.1. The van der Waals surface area contributed by atoms with Gasteiger partial charge in [0, 0.05) is 0 Å². The van der Waals surface area contributed by atoms with E-state index in [4.69, 9.17) is 0 Å². The standard InChI is InChI=1S/C12H11F3N2/c13-12(14,15)11-8-10(16-17-11)7-6-9-4-2-1-3-5-9/h1-5,8H,6-7H2,(H,16,17). The predicted molar refractivity (Wildman–Crippen MR) is 57.4 cm³/mol. The molecule has 2 rings (SSSR count). The fraction of sp³-hybridized carbons (Fsp3) is 0.250. The van der Waals surface area contributed by atoms with Gasteiger partial charge < -0.3 is 0 Å². The number of hydrogen-bond acceptors (Lipinski definition) is 1. The van der Waals surface area contributed by atoms with Crippen LogP contribution >= 0.6 is 0 Å². The molecule has 0 atom stereocenters. The molecule has 0 saturated heterocycles. The van der Waals surface area contributed by atoms with E-state index in [1.54, 1.807) is 0 Å². The Morgan fingerprint density at radius 1 is 1.06 bits per heavy atom. The van der Waals surface area contributed by atoms with Gasteiger partial charge in [-0.05, 0) is 24.5 Å². The van der Waals surface area contributed by atoms with Gasteiger partial charge in [-0.3, -0.25) is 5.10 Å². The number of nitrogens with zero attached hydrogens (tertiary/aromatic N) is 1. The number of aryl methyl sites for hydroxylation is 2. The summed E-state index contributed by atoms with van der Waals surface area (Å²) in [6, 6.07) is 10.7. The van der Waals surface area contributed by atoms with Crippen molar-refractivity contribution in [3.63, 3.8) is 0 Å². The molecule has 0 radical (unpaired) electrons. The number of benzene rings is 1. The van der Waals surface area contributed by atoms with Crippen LogP contribution in [0.4, 0.5) is 13.2 Å². The second kappa shape index (κ2) is 4.61. The van der Waals surface area contributed by atoms with Gasteiger partial charge in [-0.1, -0.05) is 30.3 Å². The summed E-state index contributed by atoms with van der Waals surface area (Å²) in [7, 11) is 0. The van der Waals surface area contributed by atoms with E-state index in [0.717, 1.165) is 11.6 Å². The number of hydrogen-bond donors (Lipinski definition) is 1. The minimum absolute atomic E-state index is 0.432. The first-order chi connectivity index (χ1) is 8.05. The van der Waals surface area contributed by atoms with Crippen LogP contribution in [-0.2, 0) is 19.0 Å². The molecule has 0 spiro atoms. The number of halogens is 3. The highest BCUT2D eigenvalue weighted by molar-refractivity contribution is 5.18. The van der Waals surface area contributed by atoms with E-state index in [2.05, 4.69) is 5.10 Å². The highest BCUT2D eigenvalue weighted by Crippen LogP contribution is 2.27. The summed E-state index contributed by atoms with van der Waals surface area (Å²) in [4.78, 5) is 0. The third-order valence-electron chi connectivity index (χ3n) is 2.45. The van der Waals surface area contributed by atoms with E-state index in [1.165, 1.54) is 0 Å². The number of nitrogens with one attached hydrogen (secondary N) is 1. The molecule has 0 bridgehead atoms. The van der Waals surface area contributed by atoms with Gasteiger partial charge in [0.1, 0.15) is 5.69 Å². The highest BCUT2D eigenvalue weighted by atomic mass is 19.4. The molecular weight excluding hydrogens is 229 g/mol. The topological polar surface area (TPSA) is 28.7 Å². The maximum atomic E-state index is 12.3. The average molecular weight is 240 g/mol. The second-order valence-electron chi connectivity index (χ2n) is 3.76. The largest absolute Gasteiger partial charge is 0.432 e. The molecule has 0 aliphatic rings. The van der Waals surface area contributed by atoms with E-state index in [9.17, 15) is 13.2 Å². The maximum Gasteiger partial charge on any atom is 0.432 e. The summed E-state index contributed by atoms with van der Waals surface area (Å²) >= 11 is 0. The zero-order valence-electron chi connectivity index (χ0n) is 8.96. The Labute approximate surface area is 96.5 Å². The van der Waals surface area contributed by atoms with Crippen LogP contribution in [0.5, 0.6) is 0 Å². The lowest BCUT2D eigenvalue weighted by molar-refractivity contribution is -0.141. The monoisotopic (exact) mass is 240 g/mol. The number of aromatic nitrogens is 2. The lowest BCUT2D eigenvalue weighted by Gasteiger charge is -2.00. The molecule has 0 fully saturated rings. The number of alkyl halides is 3. The number of H-pyrrole nitrogens is 1. The molecule has 1 heterocycles. The molecule has 2 aromatic rings. The molecular formula is C12H11F3N2. The van der Waals surface area contributed by atoms with E-state index < -0.39 is 11.9 Å². The quantitative estimate of drug-likeness (QED) is 0.876. The van der Waals surface area contributed by atoms with Crippen molar-refractivity contribution < 1.29 is 13.2 Å². The van der Waals surface area contributed by atoms with Gasteiger partial charge >= 0.3 is 6.18 Å². The van der Waals surface area contributed by atoms with Crippen LogP contribution in [0, 0.1) is 0 Å². The van der Waals surface area contributed by atoms with Gasteiger partial charge in [0.2, 0.25) is 0 Å². The van der Waals surface area contributed by atoms with E-state index >= 15 is 0 Å². The Morgan fingerprint density at radius 3 is 2.35 bits per heavy atom. The molecule has 0 saturated carbocycles. The first-order valence-electron chi connectivity index (χ1n) is 5.21. The molecule has 0 unspecified atom stereocenters. The van der Waals surface area contributed by atoms with Crippen molar-refractivity contribution in [3.8, 4) is 0 Å². The number of rotatable bonds is 3. The van der Waals surface area contributed by atoms with Gasteiger partial charge in [0.05, 0.1) is 5.69 Å². The van der Waals surface area contributed by atoms with E-state index in [0.29, 0.717) is 18.5 Å². The lowest BCUT2D eigenvalue weighted by Crippen LogP contribution is -2.04. The van der Waals surface area contributed by atoms with Crippen LogP contribution in [0.25, 0.3) is 0 Å². The first-order valence-corrected chi connectivity index (χ1v) is 5.21. The molecule has 2 nitrogen and oxygen atoms in total. The molecule has 0 aliphatic heterocycles. The molecule has 0 aliphatic carbocycles. The first kappa shape index (κ1) is 11.7. The Hall–Kier alpha value is -1.78. The third-order valence-corrected chi connectivity index (χ3v) is 2.45. The Bertz CT molecular complexity index is 474. The fourth-order valence-corrected chi connectivity index (χ4v) is 1.55. The number of aromatic amines is 1. The molecule has 5 heteroatoms. The van der Waals surface area contributed by atoms with Crippen LogP contribution < -0.4 is 0 Å². The molecule has 0 amide bonds. The molecule has 90 valence electrons. The highest BCUT2D eigenvalue weighted by Gasteiger charge is 2.32. The summed E-state index contributed by atoms with van der Waals surface area (Å²) in [6.07, 6.45) is -3.17. The normalized spacial score (nSPS) is 11.7. The van der Waals surface area contributed by atoms with Gasteiger partial charge in [0.15, 0.2) is 0 Å². The van der Waals surface area contributed by atoms with Crippen molar-refractivity contribution in [1.29, 1.82) is 0 Å². The summed E-state index contributed by atoms with van der Waals surface area (Å²) in [5, 5.41) is 5.66. The Morgan fingerprint density at radius 2 is 1.76 bits per heavy atom. The van der Waals surface area contributed by atoms with Gasteiger partial charge in [-0.2, -0.15) is 18.3 Å². The minimum atomic E-state index is -4.35. The second-order valence-corrected chi connectivity index (χ2v) is 3.76. The van der Waals surface area contributed by atoms with Crippen molar-refractivity contribution in [3.05, 3.63) is 53.3 Å². The van der Waals surface area contributed by atoms with Crippen LogP contribution in [0.3, 0.4) is 0 Å². The van der Waals surface area contributed by atoms with Gasteiger partial charge in [-0.15, -0.1) is 0 Å². The van der Waals surface area contributed by atoms with Crippen LogP contribution in [0.15, 0.2) is 36.4 Å². The minimum Gasteiger partial charge on any atom is -0.273 e. The zero-order chi connectivity index (χ0) is 12.3. The van der Waals surface area contributed by atoms with Gasteiger partial charge in [0.25, 0.3) is 0 Å². The van der Waals surface area contributed by atoms with Crippen LogP contribution in [0.1, 0.15) is 17.0 Å². The Kier molecular flexibility index (Phi) is 3.17. The summed E-state index contributed by atoms with van der Waals surface area (Å²) < 4.78 is 36.9. The SMILES string of the molecule is FC(F)(F)c1cc(CCc2ccccc2)n[nH]1. The van der Waals surface area contributed by atoms with Crippen LogP contribution in [-0.4, -0.2) is 10.2 Å². The van der Waals surface area contributed by atoms with Crippen molar-refractivity contribution in [2.45, 2.75) is 19.0 Å². The molecule has 1 aromatic carbocycles. The molecule has 1 N–H and O–H groups in total. The van der Waals surface area contributed by atoms with Crippen molar-refractivity contribution in [1.82, 2.24) is 10.2 Å². The zero-order valence-corrected chi connectivity index (χ0v) is 8.96. The van der Waals surface area contributed by atoms with Crippen molar-refractivity contribution in [2.24, 2.45) is 0 Å². The van der Waals surface area contributed by atoms with Crippen molar-refractivity contribution in [2.75, 3.05) is 0 Å².